The van der Waals surface area contributed by atoms with Crippen LogP contribution >= 0.6 is 0 Å². The van der Waals surface area contributed by atoms with Gasteiger partial charge in [0.2, 0.25) is 0 Å². The summed E-state index contributed by atoms with van der Waals surface area (Å²) in [6.45, 7) is 3.83. The Hall–Kier alpha value is -1.29. The van der Waals surface area contributed by atoms with Crippen LogP contribution in [0, 0.1) is 5.92 Å². The molecule has 0 aromatic carbocycles. The van der Waals surface area contributed by atoms with Crippen LogP contribution in [-0.2, 0) is 4.79 Å². The van der Waals surface area contributed by atoms with Crippen LogP contribution in [0.2, 0.25) is 0 Å². The van der Waals surface area contributed by atoms with Gasteiger partial charge in [0, 0.05) is 12.4 Å². The topological polar surface area (TPSA) is 60.1 Å². The fourth-order valence-corrected chi connectivity index (χ4v) is 0.914. The average molecular weight is 181 g/mol. The molecule has 0 fully saturated rings. The molecule has 1 aromatic rings. The van der Waals surface area contributed by atoms with Gasteiger partial charge in [-0.1, -0.05) is 13.8 Å². The summed E-state index contributed by atoms with van der Waals surface area (Å²) in [6.07, 6.45) is 3.51. The molecule has 0 aliphatic heterocycles. The van der Waals surface area contributed by atoms with Crippen molar-refractivity contribution in [1.82, 2.24) is 4.68 Å². The third-order valence-corrected chi connectivity index (χ3v) is 1.86. The Kier molecular flexibility index (Phi) is 3.08. The highest BCUT2D eigenvalue weighted by molar-refractivity contribution is 5.88. The first-order valence-corrected chi connectivity index (χ1v) is 4.30. The number of nitrogens with two attached hydrogens (primary N) is 1. The first-order valence-electron chi connectivity index (χ1n) is 4.30. The summed E-state index contributed by atoms with van der Waals surface area (Å²) >= 11 is 0. The molecule has 0 aliphatic rings. The van der Waals surface area contributed by atoms with Crippen LogP contribution < -0.4 is 11.2 Å². The molecule has 0 aliphatic carbocycles. The molecule has 1 aromatic heterocycles. The number of carbonyl (C=O) groups is 1. The molecule has 1 rings (SSSR count). The molecular formula is C9H15N3O. The van der Waals surface area contributed by atoms with Gasteiger partial charge >= 0.3 is 0 Å². The summed E-state index contributed by atoms with van der Waals surface area (Å²) < 4.78 is 1.59. The monoisotopic (exact) mass is 181 g/mol. The Morgan fingerprint density at radius 1 is 1.38 bits per heavy atom. The molecule has 4 nitrogen and oxygen atoms in total. The number of aromatic nitrogens is 1. The summed E-state index contributed by atoms with van der Waals surface area (Å²) in [5.41, 5.74) is 8.31. The number of hydrogen-bond donors (Lipinski definition) is 2. The summed E-state index contributed by atoms with van der Waals surface area (Å²) in [6, 6.07) is 3.21. The van der Waals surface area contributed by atoms with Gasteiger partial charge in [0.15, 0.2) is 0 Å². The average Bonchev–Trinajstić information content (AvgIpc) is 2.55. The Morgan fingerprint density at radius 3 is 2.38 bits per heavy atom. The van der Waals surface area contributed by atoms with Crippen molar-refractivity contribution in [2.45, 2.75) is 19.9 Å². The molecule has 0 saturated heterocycles. The molecule has 0 bridgehead atoms. The molecule has 0 radical (unpaired) electrons. The summed E-state index contributed by atoms with van der Waals surface area (Å²) in [7, 11) is 0. The molecule has 0 saturated carbocycles. The standard InChI is InChI=1S/C9H15N3O/c1-7(2)8(10)9(13)11-12-5-3-4-6-12/h3-8H,10H2,1-2H3,(H,11,13)/t8-/m0/s1. The minimum Gasteiger partial charge on any atom is -0.320 e. The second-order valence-electron chi connectivity index (χ2n) is 3.34. The fraction of sp³-hybridized carbons (Fsp3) is 0.444. The second-order valence-corrected chi connectivity index (χ2v) is 3.34. The highest BCUT2D eigenvalue weighted by Crippen LogP contribution is 1.98. The summed E-state index contributed by atoms with van der Waals surface area (Å²) in [5.74, 6) is -0.0123. The van der Waals surface area contributed by atoms with E-state index >= 15 is 0 Å². The first kappa shape index (κ1) is 9.80. The Balaban J connectivity index is 2.51. The van der Waals surface area contributed by atoms with Crippen molar-refractivity contribution in [1.29, 1.82) is 0 Å². The van der Waals surface area contributed by atoms with Crippen molar-refractivity contribution in [2.24, 2.45) is 11.7 Å². The minimum atomic E-state index is -0.456. The number of nitrogens with one attached hydrogen (secondary N) is 1. The lowest BCUT2D eigenvalue weighted by Gasteiger charge is -2.15. The molecule has 1 heterocycles. The largest absolute Gasteiger partial charge is 0.320 e. The molecule has 0 spiro atoms. The van der Waals surface area contributed by atoms with E-state index in [0.717, 1.165) is 0 Å². The van der Waals surface area contributed by atoms with E-state index in [4.69, 9.17) is 5.73 Å². The van der Waals surface area contributed by atoms with Gasteiger partial charge < -0.3 is 5.73 Å². The summed E-state index contributed by atoms with van der Waals surface area (Å²) in [4.78, 5) is 11.4. The third kappa shape index (κ3) is 2.59. The van der Waals surface area contributed by atoms with E-state index in [-0.39, 0.29) is 11.8 Å². The number of amides is 1. The molecule has 72 valence electrons. The van der Waals surface area contributed by atoms with Crippen molar-refractivity contribution < 1.29 is 4.79 Å². The van der Waals surface area contributed by atoms with Crippen LogP contribution in [0.3, 0.4) is 0 Å². The number of nitrogens with zero attached hydrogens (tertiary/aromatic N) is 1. The van der Waals surface area contributed by atoms with Gasteiger partial charge in [-0.3, -0.25) is 14.9 Å². The zero-order valence-corrected chi connectivity index (χ0v) is 7.90. The van der Waals surface area contributed by atoms with E-state index in [2.05, 4.69) is 5.43 Å². The molecule has 4 heteroatoms. The van der Waals surface area contributed by atoms with Gasteiger partial charge in [-0.15, -0.1) is 0 Å². The van der Waals surface area contributed by atoms with Crippen LogP contribution in [0.5, 0.6) is 0 Å². The quantitative estimate of drug-likeness (QED) is 0.715. The maximum atomic E-state index is 11.4. The molecule has 1 amide bonds. The van der Waals surface area contributed by atoms with E-state index in [9.17, 15) is 4.79 Å². The van der Waals surface area contributed by atoms with E-state index in [1.807, 2.05) is 26.0 Å². The van der Waals surface area contributed by atoms with Crippen molar-refractivity contribution >= 4 is 5.91 Å². The van der Waals surface area contributed by atoms with E-state index < -0.39 is 6.04 Å². The summed E-state index contributed by atoms with van der Waals surface area (Å²) in [5, 5.41) is 0. The molecule has 13 heavy (non-hydrogen) atoms. The van der Waals surface area contributed by atoms with Crippen LogP contribution in [-0.4, -0.2) is 16.6 Å². The van der Waals surface area contributed by atoms with E-state index in [1.165, 1.54) is 0 Å². The number of carbonyl (C=O) groups excluding carboxylic acids is 1. The van der Waals surface area contributed by atoms with Crippen molar-refractivity contribution in [3.05, 3.63) is 24.5 Å². The van der Waals surface area contributed by atoms with Crippen molar-refractivity contribution in [3.8, 4) is 0 Å². The van der Waals surface area contributed by atoms with Gasteiger partial charge in [0.05, 0.1) is 6.04 Å². The molecule has 1 atom stereocenters. The van der Waals surface area contributed by atoms with Crippen LogP contribution in [0.15, 0.2) is 24.5 Å². The number of rotatable bonds is 3. The highest BCUT2D eigenvalue weighted by Gasteiger charge is 2.16. The lowest BCUT2D eigenvalue weighted by molar-refractivity contribution is -0.119. The van der Waals surface area contributed by atoms with E-state index in [1.54, 1.807) is 17.1 Å². The predicted molar refractivity (Wildman–Crippen MR) is 51.6 cm³/mol. The van der Waals surface area contributed by atoms with Crippen molar-refractivity contribution in [2.75, 3.05) is 5.43 Å². The van der Waals surface area contributed by atoms with Crippen LogP contribution in [0.25, 0.3) is 0 Å². The van der Waals surface area contributed by atoms with Gasteiger partial charge in [0.1, 0.15) is 0 Å². The minimum absolute atomic E-state index is 0.149. The Labute approximate surface area is 77.7 Å². The van der Waals surface area contributed by atoms with Gasteiger partial charge in [-0.2, -0.15) is 0 Å². The number of hydrogen-bond acceptors (Lipinski definition) is 2. The van der Waals surface area contributed by atoms with Crippen molar-refractivity contribution in [3.63, 3.8) is 0 Å². The maximum Gasteiger partial charge on any atom is 0.255 e. The SMILES string of the molecule is CC(C)[C@H](N)C(=O)Nn1cccc1. The Bertz CT molecular complexity index is 266. The predicted octanol–water partition coefficient (Wildman–Crippen LogP) is 0.541. The van der Waals surface area contributed by atoms with E-state index in [0.29, 0.717) is 0 Å². The second kappa shape index (κ2) is 4.09. The normalized spacial score (nSPS) is 12.9. The zero-order chi connectivity index (χ0) is 9.84. The zero-order valence-electron chi connectivity index (χ0n) is 7.90. The molecule has 0 unspecified atom stereocenters. The van der Waals surface area contributed by atoms with Gasteiger partial charge in [-0.25, -0.2) is 0 Å². The highest BCUT2D eigenvalue weighted by atomic mass is 16.2. The lowest BCUT2D eigenvalue weighted by atomic mass is 10.1. The first-order chi connectivity index (χ1) is 6.11. The molecule has 3 N–H and O–H groups in total. The lowest BCUT2D eigenvalue weighted by Crippen LogP contribution is -2.42. The third-order valence-electron chi connectivity index (χ3n) is 1.86. The Morgan fingerprint density at radius 2 is 1.92 bits per heavy atom. The van der Waals surface area contributed by atoms with Gasteiger partial charge in [0.25, 0.3) is 5.91 Å². The fourth-order valence-electron chi connectivity index (χ4n) is 0.914. The maximum absolute atomic E-state index is 11.4. The van der Waals surface area contributed by atoms with Crippen LogP contribution in [0.1, 0.15) is 13.8 Å². The molecular weight excluding hydrogens is 166 g/mol. The van der Waals surface area contributed by atoms with Crippen LogP contribution in [0.4, 0.5) is 0 Å². The smallest absolute Gasteiger partial charge is 0.255 e. The van der Waals surface area contributed by atoms with Gasteiger partial charge in [-0.05, 0) is 18.1 Å².